The van der Waals surface area contributed by atoms with Gasteiger partial charge in [-0.3, -0.25) is 4.90 Å². The van der Waals surface area contributed by atoms with Crippen LogP contribution in [0.3, 0.4) is 0 Å². The van der Waals surface area contributed by atoms with Crippen molar-refractivity contribution in [3.05, 3.63) is 0 Å². The average molecular weight is 225 g/mol. The lowest BCUT2D eigenvalue weighted by Gasteiger charge is -2.48. The zero-order chi connectivity index (χ0) is 11.8. The van der Waals surface area contributed by atoms with Crippen molar-refractivity contribution in [2.75, 3.05) is 33.2 Å². The Balaban J connectivity index is 2.09. The molecule has 2 aliphatic heterocycles. The first-order valence-corrected chi connectivity index (χ1v) is 6.73. The molecule has 2 heterocycles. The highest BCUT2D eigenvalue weighted by Crippen LogP contribution is 2.35. The van der Waals surface area contributed by atoms with Crippen LogP contribution in [-0.2, 0) is 0 Å². The largest absolute Gasteiger partial charge is 0.329 e. The summed E-state index contributed by atoms with van der Waals surface area (Å²) in [6, 6.07) is 0.724. The van der Waals surface area contributed by atoms with Crippen LogP contribution in [0.4, 0.5) is 0 Å². The van der Waals surface area contributed by atoms with E-state index in [2.05, 4.69) is 30.7 Å². The van der Waals surface area contributed by atoms with Crippen molar-refractivity contribution >= 4 is 0 Å². The van der Waals surface area contributed by atoms with Gasteiger partial charge < -0.3 is 10.6 Å². The molecule has 16 heavy (non-hydrogen) atoms. The minimum absolute atomic E-state index is 0.302. The fourth-order valence-electron chi connectivity index (χ4n) is 3.60. The third-order valence-electron chi connectivity index (χ3n) is 4.69. The number of piperidine rings is 1. The molecule has 94 valence electrons. The van der Waals surface area contributed by atoms with Gasteiger partial charge in [0, 0.05) is 24.7 Å². The van der Waals surface area contributed by atoms with Crippen LogP contribution in [0.5, 0.6) is 0 Å². The molecule has 0 saturated carbocycles. The predicted molar refractivity (Wildman–Crippen MR) is 68.5 cm³/mol. The minimum Gasteiger partial charge on any atom is -0.329 e. The topological polar surface area (TPSA) is 32.5 Å². The smallest absolute Gasteiger partial charge is 0.0358 e. The molecule has 2 aliphatic rings. The number of rotatable bonds is 2. The van der Waals surface area contributed by atoms with Gasteiger partial charge in [0.25, 0.3) is 0 Å². The molecular weight excluding hydrogens is 198 g/mol. The minimum atomic E-state index is 0.302. The Morgan fingerprint density at radius 1 is 1.25 bits per heavy atom. The van der Waals surface area contributed by atoms with E-state index in [1.807, 2.05) is 0 Å². The molecule has 2 fully saturated rings. The Kier molecular flexibility index (Phi) is 3.57. The molecule has 2 saturated heterocycles. The second-order valence-corrected chi connectivity index (χ2v) is 6.07. The third-order valence-corrected chi connectivity index (χ3v) is 4.69. The first kappa shape index (κ1) is 12.3. The maximum Gasteiger partial charge on any atom is 0.0358 e. The van der Waals surface area contributed by atoms with Gasteiger partial charge in [-0.2, -0.15) is 0 Å². The molecule has 2 atom stereocenters. The van der Waals surface area contributed by atoms with Crippen molar-refractivity contribution in [3.63, 3.8) is 0 Å². The average Bonchev–Trinajstić information content (AvgIpc) is 2.60. The molecule has 3 heteroatoms. The van der Waals surface area contributed by atoms with E-state index >= 15 is 0 Å². The summed E-state index contributed by atoms with van der Waals surface area (Å²) in [5.74, 6) is 0.845. The Hall–Kier alpha value is -0.120. The molecule has 2 N–H and O–H groups in total. The summed E-state index contributed by atoms with van der Waals surface area (Å²) in [6.45, 7) is 9.23. The maximum absolute atomic E-state index is 6.11. The molecule has 2 rings (SSSR count). The molecule has 0 aromatic heterocycles. The van der Waals surface area contributed by atoms with Crippen LogP contribution in [0.25, 0.3) is 0 Å². The van der Waals surface area contributed by atoms with Gasteiger partial charge >= 0.3 is 0 Å². The lowest BCUT2D eigenvalue weighted by Crippen LogP contribution is -2.60. The van der Waals surface area contributed by atoms with Crippen LogP contribution in [0, 0.1) is 5.92 Å². The summed E-state index contributed by atoms with van der Waals surface area (Å²) in [7, 11) is 2.22. The SMILES string of the molecule is CC1CC(C)N(C2(CN)CCN(C)CC2)C1. The highest BCUT2D eigenvalue weighted by atomic mass is 15.3. The zero-order valence-electron chi connectivity index (χ0n) is 11.1. The predicted octanol–water partition coefficient (Wildman–Crippen LogP) is 1.14. The maximum atomic E-state index is 6.11. The van der Waals surface area contributed by atoms with Gasteiger partial charge in [-0.1, -0.05) is 6.92 Å². The molecule has 0 radical (unpaired) electrons. The normalized spacial score (nSPS) is 36.8. The van der Waals surface area contributed by atoms with Crippen LogP contribution in [0.2, 0.25) is 0 Å². The Bertz CT molecular complexity index is 233. The van der Waals surface area contributed by atoms with Crippen molar-refractivity contribution in [2.45, 2.75) is 44.7 Å². The van der Waals surface area contributed by atoms with E-state index in [4.69, 9.17) is 5.73 Å². The molecule has 2 unspecified atom stereocenters. The van der Waals surface area contributed by atoms with Crippen molar-refractivity contribution in [1.29, 1.82) is 0 Å². The van der Waals surface area contributed by atoms with E-state index in [-0.39, 0.29) is 0 Å². The van der Waals surface area contributed by atoms with E-state index in [1.54, 1.807) is 0 Å². The number of hydrogen-bond donors (Lipinski definition) is 1. The second kappa shape index (κ2) is 4.63. The molecule has 3 nitrogen and oxygen atoms in total. The summed E-state index contributed by atoms with van der Waals surface area (Å²) in [4.78, 5) is 5.14. The number of hydrogen-bond acceptors (Lipinski definition) is 3. The van der Waals surface area contributed by atoms with Crippen LogP contribution >= 0.6 is 0 Å². The van der Waals surface area contributed by atoms with Crippen LogP contribution in [-0.4, -0.2) is 54.6 Å². The van der Waals surface area contributed by atoms with Crippen molar-refractivity contribution in [2.24, 2.45) is 11.7 Å². The monoisotopic (exact) mass is 225 g/mol. The first-order valence-electron chi connectivity index (χ1n) is 6.73. The van der Waals surface area contributed by atoms with Crippen molar-refractivity contribution in [1.82, 2.24) is 9.80 Å². The Morgan fingerprint density at radius 3 is 2.31 bits per heavy atom. The third kappa shape index (κ3) is 2.13. The molecule has 0 amide bonds. The molecule has 0 aromatic carbocycles. The van der Waals surface area contributed by atoms with Gasteiger partial charge in [0.1, 0.15) is 0 Å². The summed E-state index contributed by atoms with van der Waals surface area (Å²) in [5, 5.41) is 0. The molecule has 0 aliphatic carbocycles. The van der Waals surface area contributed by atoms with Gasteiger partial charge in [0.15, 0.2) is 0 Å². The summed E-state index contributed by atoms with van der Waals surface area (Å²) >= 11 is 0. The molecule has 0 bridgehead atoms. The van der Waals surface area contributed by atoms with E-state index in [0.29, 0.717) is 5.54 Å². The molecular formula is C13H27N3. The molecule has 0 spiro atoms. The van der Waals surface area contributed by atoms with E-state index in [1.165, 1.54) is 38.9 Å². The first-order chi connectivity index (χ1) is 7.57. The van der Waals surface area contributed by atoms with Gasteiger partial charge in [-0.15, -0.1) is 0 Å². The van der Waals surface area contributed by atoms with Gasteiger partial charge in [0.05, 0.1) is 0 Å². The lowest BCUT2D eigenvalue weighted by molar-refractivity contribution is 0.0273. The second-order valence-electron chi connectivity index (χ2n) is 6.07. The van der Waals surface area contributed by atoms with Crippen LogP contribution in [0.15, 0.2) is 0 Å². The lowest BCUT2D eigenvalue weighted by atomic mass is 9.85. The number of nitrogens with two attached hydrogens (primary N) is 1. The fourth-order valence-corrected chi connectivity index (χ4v) is 3.60. The number of likely N-dealkylation sites (tertiary alicyclic amines) is 2. The highest BCUT2D eigenvalue weighted by molar-refractivity contribution is 5.00. The van der Waals surface area contributed by atoms with E-state index in [9.17, 15) is 0 Å². The fraction of sp³-hybridized carbons (Fsp3) is 1.00. The van der Waals surface area contributed by atoms with Crippen LogP contribution in [0.1, 0.15) is 33.1 Å². The number of nitrogens with zero attached hydrogens (tertiary/aromatic N) is 2. The van der Waals surface area contributed by atoms with Crippen LogP contribution < -0.4 is 5.73 Å². The Morgan fingerprint density at radius 2 is 1.88 bits per heavy atom. The van der Waals surface area contributed by atoms with Crippen molar-refractivity contribution in [3.8, 4) is 0 Å². The van der Waals surface area contributed by atoms with E-state index < -0.39 is 0 Å². The summed E-state index contributed by atoms with van der Waals surface area (Å²) in [5.41, 5.74) is 6.41. The quantitative estimate of drug-likeness (QED) is 0.765. The standard InChI is InChI=1S/C13H27N3/c1-11-8-12(2)16(9-11)13(10-14)4-6-15(3)7-5-13/h11-12H,4-10,14H2,1-3H3. The zero-order valence-corrected chi connectivity index (χ0v) is 11.1. The summed E-state index contributed by atoms with van der Waals surface area (Å²) < 4.78 is 0. The van der Waals surface area contributed by atoms with E-state index in [0.717, 1.165) is 18.5 Å². The van der Waals surface area contributed by atoms with Gasteiger partial charge in [0.2, 0.25) is 0 Å². The summed E-state index contributed by atoms with van der Waals surface area (Å²) in [6.07, 6.45) is 3.84. The van der Waals surface area contributed by atoms with Gasteiger partial charge in [-0.25, -0.2) is 0 Å². The highest BCUT2D eigenvalue weighted by Gasteiger charge is 2.43. The van der Waals surface area contributed by atoms with Gasteiger partial charge in [-0.05, 0) is 52.2 Å². The Labute approximate surface area is 100.0 Å². The molecule has 0 aromatic rings. The van der Waals surface area contributed by atoms with Crippen molar-refractivity contribution < 1.29 is 0 Å².